The highest BCUT2D eigenvalue weighted by molar-refractivity contribution is 7.09. The molecule has 0 amide bonds. The van der Waals surface area contributed by atoms with E-state index in [0.717, 1.165) is 16.3 Å². The van der Waals surface area contributed by atoms with Gasteiger partial charge in [0.1, 0.15) is 16.6 Å². The SMILES string of the molecule is CN=C(NCc1ccc(Oc2cccc(F)c2)nc1)NCc1nc(C(C)C)cs1. The van der Waals surface area contributed by atoms with Gasteiger partial charge in [-0.25, -0.2) is 14.4 Å². The Morgan fingerprint density at radius 3 is 2.69 bits per heavy atom. The molecule has 1 aromatic carbocycles. The zero-order valence-electron chi connectivity index (χ0n) is 16.6. The quantitative estimate of drug-likeness (QED) is 0.442. The minimum atomic E-state index is -0.347. The number of guanidine groups is 1. The average molecular weight is 414 g/mol. The van der Waals surface area contributed by atoms with E-state index >= 15 is 0 Å². The molecule has 0 fully saturated rings. The normalized spacial score (nSPS) is 11.6. The van der Waals surface area contributed by atoms with Crippen LogP contribution in [0, 0.1) is 5.82 Å². The molecule has 2 N–H and O–H groups in total. The van der Waals surface area contributed by atoms with Crippen molar-refractivity contribution in [2.75, 3.05) is 7.05 Å². The molecule has 8 heteroatoms. The summed E-state index contributed by atoms with van der Waals surface area (Å²) in [5.74, 6) is 1.59. The molecule has 0 saturated carbocycles. The van der Waals surface area contributed by atoms with Gasteiger partial charge in [-0.1, -0.05) is 26.0 Å². The van der Waals surface area contributed by atoms with E-state index in [-0.39, 0.29) is 5.82 Å². The summed E-state index contributed by atoms with van der Waals surface area (Å²) in [6.07, 6.45) is 1.71. The van der Waals surface area contributed by atoms with Crippen LogP contribution in [0.15, 0.2) is 53.0 Å². The standard InChI is InChI=1S/C21H24FN5OS/c1-14(2)18-13-29-20(27-18)12-26-21(23-3)25-11-15-7-8-19(24-10-15)28-17-6-4-5-16(22)9-17/h4-10,13-14H,11-12H2,1-3H3,(H2,23,25,26). The van der Waals surface area contributed by atoms with Gasteiger partial charge in [-0.2, -0.15) is 0 Å². The van der Waals surface area contributed by atoms with Crippen LogP contribution >= 0.6 is 11.3 Å². The first kappa shape index (κ1) is 20.7. The van der Waals surface area contributed by atoms with E-state index in [9.17, 15) is 4.39 Å². The molecule has 0 aliphatic carbocycles. The number of aromatic nitrogens is 2. The Hall–Kier alpha value is -3.00. The lowest BCUT2D eigenvalue weighted by molar-refractivity contribution is 0.457. The van der Waals surface area contributed by atoms with Crippen molar-refractivity contribution in [3.8, 4) is 11.6 Å². The maximum Gasteiger partial charge on any atom is 0.219 e. The van der Waals surface area contributed by atoms with Gasteiger partial charge in [0.05, 0.1) is 12.2 Å². The largest absolute Gasteiger partial charge is 0.439 e. The van der Waals surface area contributed by atoms with Crippen LogP contribution in [0.5, 0.6) is 11.6 Å². The Bertz CT molecular complexity index is 956. The fourth-order valence-corrected chi connectivity index (χ4v) is 3.36. The molecule has 3 aromatic rings. The van der Waals surface area contributed by atoms with Gasteiger partial charge >= 0.3 is 0 Å². The summed E-state index contributed by atoms with van der Waals surface area (Å²) in [7, 11) is 1.73. The van der Waals surface area contributed by atoms with Crippen LogP contribution in [0.2, 0.25) is 0 Å². The maximum atomic E-state index is 13.2. The highest BCUT2D eigenvalue weighted by Gasteiger charge is 2.07. The molecule has 0 aliphatic heterocycles. The highest BCUT2D eigenvalue weighted by Crippen LogP contribution is 2.20. The van der Waals surface area contributed by atoms with E-state index < -0.39 is 0 Å². The predicted octanol–water partition coefficient (Wildman–Crippen LogP) is 4.46. The van der Waals surface area contributed by atoms with Crippen LogP contribution in [0.3, 0.4) is 0 Å². The number of halogens is 1. The summed E-state index contributed by atoms with van der Waals surface area (Å²) < 4.78 is 18.8. The van der Waals surface area contributed by atoms with Crippen molar-refractivity contribution in [2.45, 2.75) is 32.9 Å². The molecule has 0 spiro atoms. The maximum absolute atomic E-state index is 13.2. The molecule has 2 aromatic heterocycles. The fourth-order valence-electron chi connectivity index (χ4n) is 2.46. The minimum absolute atomic E-state index is 0.347. The Labute approximate surface area is 173 Å². The summed E-state index contributed by atoms with van der Waals surface area (Å²) in [6.45, 7) is 5.45. The van der Waals surface area contributed by atoms with Crippen LogP contribution in [-0.2, 0) is 13.1 Å². The van der Waals surface area contributed by atoms with Gasteiger partial charge in [0.25, 0.3) is 0 Å². The third-order valence-electron chi connectivity index (χ3n) is 4.07. The molecule has 0 atom stereocenters. The average Bonchev–Trinajstić information content (AvgIpc) is 3.19. The second kappa shape index (κ2) is 9.97. The Balaban J connectivity index is 1.48. The molecule has 2 heterocycles. The van der Waals surface area contributed by atoms with Gasteiger partial charge in [-0.05, 0) is 23.6 Å². The van der Waals surface area contributed by atoms with Gasteiger partial charge in [-0.3, -0.25) is 4.99 Å². The lowest BCUT2D eigenvalue weighted by atomic mass is 10.2. The van der Waals surface area contributed by atoms with E-state index in [1.807, 2.05) is 6.07 Å². The lowest BCUT2D eigenvalue weighted by Gasteiger charge is -2.11. The molecule has 3 rings (SSSR count). The van der Waals surface area contributed by atoms with Crippen molar-refractivity contribution in [3.05, 3.63) is 70.1 Å². The molecule has 0 radical (unpaired) electrons. The molecular formula is C21H24FN5OS. The van der Waals surface area contributed by atoms with Gasteiger partial charge in [-0.15, -0.1) is 11.3 Å². The van der Waals surface area contributed by atoms with Gasteiger partial charge < -0.3 is 15.4 Å². The highest BCUT2D eigenvalue weighted by atomic mass is 32.1. The van der Waals surface area contributed by atoms with E-state index in [2.05, 4.69) is 44.8 Å². The Morgan fingerprint density at radius 1 is 1.21 bits per heavy atom. The third-order valence-corrected chi connectivity index (χ3v) is 4.93. The first-order chi connectivity index (χ1) is 14.0. The van der Waals surface area contributed by atoms with Crippen LogP contribution in [0.25, 0.3) is 0 Å². The van der Waals surface area contributed by atoms with Gasteiger partial charge in [0, 0.05) is 37.3 Å². The number of rotatable bonds is 7. The van der Waals surface area contributed by atoms with Crippen molar-refractivity contribution in [3.63, 3.8) is 0 Å². The first-order valence-corrected chi connectivity index (χ1v) is 10.2. The third kappa shape index (κ3) is 6.25. The smallest absolute Gasteiger partial charge is 0.219 e. The number of pyridine rings is 1. The van der Waals surface area contributed by atoms with Crippen molar-refractivity contribution in [1.29, 1.82) is 0 Å². The summed E-state index contributed by atoms with van der Waals surface area (Å²) >= 11 is 1.64. The molecule has 0 aliphatic rings. The number of aliphatic imine (C=N–C) groups is 1. The molecule has 0 saturated heterocycles. The number of ether oxygens (including phenoxy) is 1. The van der Waals surface area contributed by atoms with Crippen LogP contribution < -0.4 is 15.4 Å². The van der Waals surface area contributed by atoms with Crippen LogP contribution in [0.1, 0.15) is 36.0 Å². The molecule has 6 nitrogen and oxygen atoms in total. The van der Waals surface area contributed by atoms with E-state index in [1.54, 1.807) is 42.8 Å². The summed E-state index contributed by atoms with van der Waals surface area (Å²) in [5, 5.41) is 9.63. The number of hydrogen-bond donors (Lipinski definition) is 2. The van der Waals surface area contributed by atoms with Crippen molar-refractivity contribution in [1.82, 2.24) is 20.6 Å². The summed E-state index contributed by atoms with van der Waals surface area (Å²) in [4.78, 5) is 13.1. The van der Waals surface area contributed by atoms with Crippen LogP contribution in [-0.4, -0.2) is 23.0 Å². The van der Waals surface area contributed by atoms with E-state index in [4.69, 9.17) is 4.74 Å². The summed E-state index contributed by atoms with van der Waals surface area (Å²) in [6, 6.07) is 9.62. The van der Waals surface area contributed by atoms with Crippen molar-refractivity contribution >= 4 is 17.3 Å². The molecule has 29 heavy (non-hydrogen) atoms. The number of nitrogens with zero attached hydrogens (tertiary/aromatic N) is 3. The first-order valence-electron chi connectivity index (χ1n) is 9.30. The summed E-state index contributed by atoms with van der Waals surface area (Å²) in [5.41, 5.74) is 2.08. The molecular weight excluding hydrogens is 389 g/mol. The monoisotopic (exact) mass is 413 g/mol. The fraction of sp³-hybridized carbons (Fsp3) is 0.286. The molecule has 0 bridgehead atoms. The lowest BCUT2D eigenvalue weighted by Crippen LogP contribution is -2.36. The topological polar surface area (TPSA) is 71.4 Å². The van der Waals surface area contributed by atoms with Crippen molar-refractivity contribution in [2.24, 2.45) is 4.99 Å². The number of hydrogen-bond acceptors (Lipinski definition) is 5. The van der Waals surface area contributed by atoms with Gasteiger partial charge in [0.2, 0.25) is 5.88 Å². The molecule has 152 valence electrons. The Kier molecular flexibility index (Phi) is 7.13. The predicted molar refractivity (Wildman–Crippen MR) is 114 cm³/mol. The number of thiazole rings is 1. The van der Waals surface area contributed by atoms with Crippen LogP contribution in [0.4, 0.5) is 4.39 Å². The van der Waals surface area contributed by atoms with E-state index in [0.29, 0.717) is 36.6 Å². The second-order valence-corrected chi connectivity index (χ2v) is 7.61. The number of benzene rings is 1. The zero-order chi connectivity index (χ0) is 20.6. The minimum Gasteiger partial charge on any atom is -0.439 e. The van der Waals surface area contributed by atoms with Crippen molar-refractivity contribution < 1.29 is 9.13 Å². The molecule has 0 unspecified atom stereocenters. The second-order valence-electron chi connectivity index (χ2n) is 6.66. The number of nitrogens with one attached hydrogen (secondary N) is 2. The zero-order valence-corrected chi connectivity index (χ0v) is 17.5. The Morgan fingerprint density at radius 2 is 2.03 bits per heavy atom. The van der Waals surface area contributed by atoms with E-state index in [1.165, 1.54) is 12.1 Å². The van der Waals surface area contributed by atoms with Gasteiger partial charge in [0.15, 0.2) is 5.96 Å².